The maximum atomic E-state index is 6.20. The number of alkyl halides is 3. The van der Waals surface area contributed by atoms with Crippen molar-refractivity contribution in [2.24, 2.45) is 5.73 Å². The van der Waals surface area contributed by atoms with Crippen LogP contribution in [0.25, 0.3) is 0 Å². The van der Waals surface area contributed by atoms with Crippen molar-refractivity contribution in [3.05, 3.63) is 5.56 Å². The van der Waals surface area contributed by atoms with Crippen molar-refractivity contribution < 1.29 is 17.2 Å². The Hall–Kier alpha value is -0.360. The van der Waals surface area contributed by atoms with Crippen LogP contribution in [-0.2, 0) is 0 Å². The van der Waals surface area contributed by atoms with E-state index >= 15 is 0 Å². The van der Waals surface area contributed by atoms with Crippen LogP contribution in [0.1, 0.15) is 9.61 Å². The van der Waals surface area contributed by atoms with Gasteiger partial charge in [-0.1, -0.05) is 0 Å². The molecule has 1 aliphatic heterocycles. The molecule has 0 aliphatic carbocycles. The van der Waals surface area contributed by atoms with Crippen LogP contribution in [0.2, 0.25) is 0 Å². The van der Waals surface area contributed by atoms with E-state index in [4.69, 9.17) is 34.4 Å². The van der Waals surface area contributed by atoms with E-state index in [0.717, 1.165) is 5.56 Å². The van der Waals surface area contributed by atoms with Crippen LogP contribution in [0.3, 0.4) is 0 Å². The molecule has 1 unspecified atom stereocenters. The summed E-state index contributed by atoms with van der Waals surface area (Å²) in [5.74, 6) is 0. The molecule has 17 heavy (non-hydrogen) atoms. The van der Waals surface area contributed by atoms with Crippen molar-refractivity contribution >= 4 is 44.3 Å². The van der Waals surface area contributed by atoms with Crippen LogP contribution in [0.5, 0.6) is 0 Å². The molecule has 1 saturated heterocycles. The Kier molecular flexibility index (Phi) is 3.63. The number of nitrogens with two attached hydrogens (primary N) is 6. The molecule has 1 heterocycles. The number of hydrogen-bond acceptors (Lipinski definition) is 6. The van der Waals surface area contributed by atoms with Crippen LogP contribution in [0.4, 0.5) is 28.4 Å². The van der Waals surface area contributed by atoms with Crippen LogP contribution in [0.15, 0.2) is 0 Å². The fraction of sp³-hybridized carbons (Fsp3) is 0.333. The second kappa shape index (κ2) is 4.72. The van der Waals surface area contributed by atoms with Crippen molar-refractivity contribution in [2.75, 3.05) is 37.5 Å². The number of benzene rings is 1. The van der Waals surface area contributed by atoms with E-state index in [0.29, 0.717) is 22.7 Å². The summed E-state index contributed by atoms with van der Waals surface area (Å²) in [6, 6.07) is 0. The first-order valence-electron chi connectivity index (χ1n) is 4.96. The molecule has 1 aromatic rings. The summed E-state index contributed by atoms with van der Waals surface area (Å²) < 4.78 is 2.79. The summed E-state index contributed by atoms with van der Waals surface area (Å²) in [5, 5.41) is 0. The fourth-order valence-corrected chi connectivity index (χ4v) is 21.2. The van der Waals surface area contributed by atoms with Gasteiger partial charge in [-0.2, -0.15) is 0 Å². The molecule has 98 valence electrons. The standard InChI is InChI=1S/C9H17I2N6/c12-4-3(9(17)10-11-1-2-11)5(13)7(15)8(16)6(4)14/h9H,1-2,12-17H2/q-1. The van der Waals surface area contributed by atoms with Crippen LogP contribution in [0, 0.1) is 0 Å². The molecule has 0 amide bonds. The fourth-order valence-electron chi connectivity index (χ4n) is 1.44. The summed E-state index contributed by atoms with van der Waals surface area (Å²) >= 11 is -0.644. The SMILES string of the molecule is Nc1c(N)c(N)c(C(N)[I-]I2CC2)c(N)c1N. The van der Waals surface area contributed by atoms with Gasteiger partial charge < -0.3 is 0 Å². The molecule has 1 aliphatic rings. The minimum atomic E-state index is -0.632. The molecule has 0 saturated carbocycles. The molecule has 6 nitrogen and oxygen atoms in total. The maximum absolute atomic E-state index is 6.20. The predicted octanol–water partition coefficient (Wildman–Crippen LogP) is -2.92. The van der Waals surface area contributed by atoms with Gasteiger partial charge in [0.2, 0.25) is 0 Å². The molecule has 1 aromatic carbocycles. The van der Waals surface area contributed by atoms with Gasteiger partial charge in [0.25, 0.3) is 0 Å². The first-order valence-corrected chi connectivity index (χ1v) is 15.5. The summed E-state index contributed by atoms with van der Waals surface area (Å²) in [4.78, 5) is 0. The number of halogens is 2. The third kappa shape index (κ3) is 2.42. The zero-order chi connectivity index (χ0) is 12.7. The van der Waals surface area contributed by atoms with Gasteiger partial charge in [-0.05, 0) is 0 Å². The normalized spacial score (nSPS) is 18.3. The molecule has 2 rings (SSSR count). The Labute approximate surface area is 113 Å². The Balaban J connectivity index is 2.44. The second-order valence-corrected chi connectivity index (χ2v) is 20.8. The van der Waals surface area contributed by atoms with Crippen molar-refractivity contribution in [1.82, 2.24) is 0 Å². The Morgan fingerprint density at radius 3 is 1.65 bits per heavy atom. The number of nitrogen functional groups attached to an aromatic ring is 5. The molecule has 12 N–H and O–H groups in total. The molecule has 1 atom stereocenters. The van der Waals surface area contributed by atoms with Gasteiger partial charge in [0, 0.05) is 0 Å². The van der Waals surface area contributed by atoms with Crippen molar-refractivity contribution in [1.29, 1.82) is 0 Å². The topological polar surface area (TPSA) is 156 Å². The first kappa shape index (κ1) is 13.1. The number of anilines is 5. The Morgan fingerprint density at radius 1 is 0.824 bits per heavy atom. The van der Waals surface area contributed by atoms with Crippen LogP contribution < -0.4 is 51.6 Å². The quantitative estimate of drug-likeness (QED) is 0.122. The zero-order valence-corrected chi connectivity index (χ0v) is 13.5. The van der Waals surface area contributed by atoms with E-state index in [1.54, 1.807) is 0 Å². The van der Waals surface area contributed by atoms with Gasteiger partial charge in [0.05, 0.1) is 0 Å². The van der Waals surface area contributed by atoms with Crippen LogP contribution >= 0.6 is 15.8 Å². The molecule has 8 heteroatoms. The van der Waals surface area contributed by atoms with Crippen molar-refractivity contribution in [3.63, 3.8) is 0 Å². The number of hydrogen-bond donors (Lipinski definition) is 6. The predicted molar refractivity (Wildman–Crippen MR) is 79.2 cm³/mol. The van der Waals surface area contributed by atoms with E-state index < -0.39 is 15.8 Å². The molecule has 0 spiro atoms. The summed E-state index contributed by atoms with van der Waals surface area (Å²) in [6.07, 6.45) is 0. The third-order valence-electron chi connectivity index (χ3n) is 2.55. The second-order valence-electron chi connectivity index (χ2n) is 3.74. The summed E-state index contributed by atoms with van der Waals surface area (Å²) in [7, 11) is 0. The van der Waals surface area contributed by atoms with Crippen molar-refractivity contribution in [2.45, 2.75) is 4.05 Å². The van der Waals surface area contributed by atoms with Crippen LogP contribution in [-0.4, -0.2) is 8.86 Å². The monoisotopic (exact) mass is 463 g/mol. The molecular weight excluding hydrogens is 446 g/mol. The average Bonchev–Trinajstić information content (AvgIpc) is 3.08. The van der Waals surface area contributed by atoms with E-state index in [9.17, 15) is 0 Å². The van der Waals surface area contributed by atoms with Gasteiger partial charge in [0.1, 0.15) is 0 Å². The van der Waals surface area contributed by atoms with Gasteiger partial charge >= 0.3 is 114 Å². The van der Waals surface area contributed by atoms with Gasteiger partial charge in [-0.15, -0.1) is 0 Å². The van der Waals surface area contributed by atoms with Crippen molar-refractivity contribution in [3.8, 4) is 0 Å². The number of rotatable bonds is 3. The van der Waals surface area contributed by atoms with E-state index in [1.165, 1.54) is 8.86 Å². The van der Waals surface area contributed by atoms with E-state index in [1.807, 2.05) is 0 Å². The molecular formula is C9H17I2N6-. The third-order valence-corrected chi connectivity index (χ3v) is 19.6. The van der Waals surface area contributed by atoms with Gasteiger partial charge in [-0.25, -0.2) is 0 Å². The molecule has 1 fully saturated rings. The van der Waals surface area contributed by atoms with E-state index in [-0.39, 0.29) is 27.0 Å². The Bertz CT molecular complexity index is 430. The summed E-state index contributed by atoms with van der Waals surface area (Å²) in [6.45, 7) is 0. The molecule has 0 radical (unpaired) electrons. The average molecular weight is 463 g/mol. The molecule has 0 aromatic heterocycles. The Morgan fingerprint density at radius 2 is 1.24 bits per heavy atom. The zero-order valence-electron chi connectivity index (χ0n) is 9.21. The first-order chi connectivity index (χ1) is 7.93. The minimum absolute atomic E-state index is 0.0116. The van der Waals surface area contributed by atoms with E-state index in [2.05, 4.69) is 0 Å². The molecule has 0 bridgehead atoms. The van der Waals surface area contributed by atoms with Gasteiger partial charge in [-0.3, -0.25) is 0 Å². The summed E-state index contributed by atoms with van der Waals surface area (Å²) in [5.41, 5.74) is 38.0. The van der Waals surface area contributed by atoms with Gasteiger partial charge in [0.15, 0.2) is 0 Å².